The van der Waals surface area contributed by atoms with Gasteiger partial charge in [0.2, 0.25) is 0 Å². The van der Waals surface area contributed by atoms with E-state index in [4.69, 9.17) is 9.84 Å². The van der Waals surface area contributed by atoms with Crippen molar-refractivity contribution in [3.8, 4) is 0 Å². The average molecular weight is 272 g/mol. The molecule has 1 heterocycles. The van der Waals surface area contributed by atoms with Gasteiger partial charge in [-0.05, 0) is 25.7 Å². The minimum atomic E-state index is -0.993. The first-order valence-corrected chi connectivity index (χ1v) is 6.85. The van der Waals surface area contributed by atoms with Crippen LogP contribution in [0, 0.1) is 5.92 Å². The quantitative estimate of drug-likeness (QED) is 0.791. The van der Waals surface area contributed by atoms with Crippen LogP contribution in [-0.4, -0.2) is 53.8 Å². The van der Waals surface area contributed by atoms with Gasteiger partial charge in [-0.25, -0.2) is 9.59 Å². The van der Waals surface area contributed by atoms with Crippen LogP contribution in [0.4, 0.5) is 4.79 Å². The molecule has 0 aromatic carbocycles. The van der Waals surface area contributed by atoms with Crippen LogP contribution in [-0.2, 0) is 9.53 Å². The fourth-order valence-electron chi connectivity index (χ4n) is 2.20. The zero-order valence-corrected chi connectivity index (χ0v) is 11.9. The Kier molecular flexibility index (Phi) is 6.08. The minimum absolute atomic E-state index is 0.137. The van der Waals surface area contributed by atoms with Crippen LogP contribution in [0.25, 0.3) is 0 Å². The number of hydrogen-bond donors (Lipinski definition) is 2. The van der Waals surface area contributed by atoms with Crippen LogP contribution in [0.5, 0.6) is 0 Å². The summed E-state index contributed by atoms with van der Waals surface area (Å²) in [6.45, 7) is 7.42. The van der Waals surface area contributed by atoms with E-state index in [9.17, 15) is 9.59 Å². The third kappa shape index (κ3) is 4.70. The first-order valence-electron chi connectivity index (χ1n) is 6.85. The summed E-state index contributed by atoms with van der Waals surface area (Å²) in [6, 6.07) is -1.13. The van der Waals surface area contributed by atoms with Crippen LogP contribution in [0.2, 0.25) is 0 Å². The van der Waals surface area contributed by atoms with Crippen molar-refractivity contribution in [3.63, 3.8) is 0 Å². The molecule has 1 fully saturated rings. The van der Waals surface area contributed by atoms with Gasteiger partial charge in [-0.3, -0.25) is 0 Å². The molecule has 0 saturated carbocycles. The van der Waals surface area contributed by atoms with Crippen molar-refractivity contribution >= 4 is 12.0 Å². The highest BCUT2D eigenvalue weighted by Gasteiger charge is 2.28. The molecular formula is C13H24N2O4. The zero-order valence-electron chi connectivity index (χ0n) is 11.9. The second kappa shape index (κ2) is 7.33. The smallest absolute Gasteiger partial charge is 0.326 e. The van der Waals surface area contributed by atoms with E-state index in [1.807, 2.05) is 6.92 Å². The largest absolute Gasteiger partial charge is 0.480 e. The van der Waals surface area contributed by atoms with E-state index in [1.54, 1.807) is 18.7 Å². The Morgan fingerprint density at radius 1 is 1.37 bits per heavy atom. The van der Waals surface area contributed by atoms with Crippen molar-refractivity contribution in [2.45, 2.75) is 45.8 Å². The van der Waals surface area contributed by atoms with Gasteiger partial charge < -0.3 is 20.1 Å². The number of aliphatic carboxylic acids is 1. The lowest BCUT2D eigenvalue weighted by Gasteiger charge is -2.33. The number of carboxylic acid groups (broad SMARTS) is 1. The Morgan fingerprint density at radius 3 is 2.37 bits per heavy atom. The molecule has 1 aliphatic heterocycles. The van der Waals surface area contributed by atoms with E-state index in [1.165, 1.54) is 0 Å². The summed E-state index contributed by atoms with van der Waals surface area (Å²) in [5, 5.41) is 11.6. The Hall–Kier alpha value is -1.30. The molecule has 1 rings (SSSR count). The summed E-state index contributed by atoms with van der Waals surface area (Å²) in [5.41, 5.74) is 0. The van der Waals surface area contributed by atoms with Gasteiger partial charge in [0.1, 0.15) is 6.04 Å². The molecule has 2 amide bonds. The highest BCUT2D eigenvalue weighted by Crippen LogP contribution is 2.14. The molecular weight excluding hydrogens is 248 g/mol. The van der Waals surface area contributed by atoms with Gasteiger partial charge in [0.15, 0.2) is 0 Å². The normalized spacial score (nSPS) is 18.4. The van der Waals surface area contributed by atoms with Crippen molar-refractivity contribution in [1.82, 2.24) is 10.2 Å². The van der Waals surface area contributed by atoms with Crippen molar-refractivity contribution in [2.75, 3.05) is 19.7 Å². The Morgan fingerprint density at radius 2 is 1.95 bits per heavy atom. The number of nitrogens with one attached hydrogen (secondary N) is 1. The summed E-state index contributed by atoms with van der Waals surface area (Å²) in [6.07, 6.45) is 1.83. The van der Waals surface area contributed by atoms with E-state index in [0.29, 0.717) is 19.7 Å². The number of ether oxygens (including phenoxy) is 1. The number of hydrogen-bond acceptors (Lipinski definition) is 3. The maximum atomic E-state index is 12.0. The van der Waals surface area contributed by atoms with Crippen LogP contribution in [0.3, 0.4) is 0 Å². The lowest BCUT2D eigenvalue weighted by atomic mass is 10.0. The zero-order chi connectivity index (χ0) is 14.4. The summed E-state index contributed by atoms with van der Waals surface area (Å²) < 4.78 is 5.52. The van der Waals surface area contributed by atoms with Crippen LogP contribution >= 0.6 is 0 Å². The highest BCUT2D eigenvalue weighted by atomic mass is 16.5. The molecule has 0 aliphatic carbocycles. The third-order valence-electron chi connectivity index (χ3n) is 3.34. The summed E-state index contributed by atoms with van der Waals surface area (Å²) in [4.78, 5) is 24.7. The fourth-order valence-corrected chi connectivity index (χ4v) is 2.20. The van der Waals surface area contributed by atoms with Gasteiger partial charge in [0.05, 0.1) is 6.10 Å². The lowest BCUT2D eigenvalue weighted by Crippen LogP contribution is -2.52. The molecule has 19 heavy (non-hydrogen) atoms. The molecule has 1 atom stereocenters. The van der Waals surface area contributed by atoms with Crippen LogP contribution in [0.15, 0.2) is 0 Å². The molecule has 1 saturated heterocycles. The molecule has 0 aromatic rings. The number of carbonyl (C=O) groups is 2. The number of nitrogens with zero attached hydrogens (tertiary/aromatic N) is 1. The number of rotatable bonds is 5. The minimum Gasteiger partial charge on any atom is -0.480 e. The van der Waals surface area contributed by atoms with Gasteiger partial charge in [-0.2, -0.15) is 0 Å². The average Bonchev–Trinajstić information content (AvgIpc) is 2.36. The molecule has 6 heteroatoms. The number of carbonyl (C=O) groups excluding carboxylic acids is 1. The predicted molar refractivity (Wildman–Crippen MR) is 71.0 cm³/mol. The Bertz CT molecular complexity index is 312. The molecule has 1 unspecified atom stereocenters. The van der Waals surface area contributed by atoms with E-state index in [0.717, 1.165) is 12.8 Å². The van der Waals surface area contributed by atoms with Crippen molar-refractivity contribution in [3.05, 3.63) is 0 Å². The molecule has 1 aliphatic rings. The number of carboxylic acids is 1. The number of amides is 2. The topological polar surface area (TPSA) is 78.9 Å². The van der Waals surface area contributed by atoms with Crippen molar-refractivity contribution < 1.29 is 19.4 Å². The lowest BCUT2D eigenvalue weighted by molar-refractivity contribution is -0.140. The first kappa shape index (κ1) is 15.8. The molecule has 0 radical (unpaired) electrons. The van der Waals surface area contributed by atoms with Gasteiger partial charge in [-0.1, -0.05) is 13.8 Å². The molecule has 2 N–H and O–H groups in total. The van der Waals surface area contributed by atoms with E-state index >= 15 is 0 Å². The number of likely N-dealkylation sites (tertiary alicyclic amines) is 1. The fraction of sp³-hybridized carbons (Fsp3) is 0.846. The van der Waals surface area contributed by atoms with Gasteiger partial charge in [-0.15, -0.1) is 0 Å². The summed E-state index contributed by atoms with van der Waals surface area (Å²) >= 11 is 0. The predicted octanol–water partition coefficient (Wildman–Crippen LogP) is 1.31. The third-order valence-corrected chi connectivity index (χ3v) is 3.34. The molecule has 6 nitrogen and oxygen atoms in total. The van der Waals surface area contributed by atoms with E-state index < -0.39 is 12.0 Å². The van der Waals surface area contributed by atoms with Crippen molar-refractivity contribution in [1.29, 1.82) is 0 Å². The maximum absolute atomic E-state index is 12.0. The number of urea groups is 1. The Balaban J connectivity index is 2.44. The first-order chi connectivity index (χ1) is 8.95. The van der Waals surface area contributed by atoms with Gasteiger partial charge in [0.25, 0.3) is 0 Å². The second-order valence-corrected chi connectivity index (χ2v) is 5.15. The summed E-state index contributed by atoms with van der Waals surface area (Å²) in [5.74, 6) is -1.13. The SMILES string of the molecule is CCOC1CCN(C(=O)NC(C(=O)O)C(C)C)CC1. The highest BCUT2D eigenvalue weighted by molar-refractivity contribution is 5.82. The molecule has 0 bridgehead atoms. The Labute approximate surface area is 114 Å². The monoisotopic (exact) mass is 272 g/mol. The van der Waals surface area contributed by atoms with Gasteiger partial charge in [0, 0.05) is 19.7 Å². The molecule has 0 aromatic heterocycles. The second-order valence-electron chi connectivity index (χ2n) is 5.15. The van der Waals surface area contributed by atoms with Crippen molar-refractivity contribution in [2.24, 2.45) is 5.92 Å². The van der Waals surface area contributed by atoms with Crippen LogP contribution < -0.4 is 5.32 Å². The standard InChI is InChI=1S/C13H24N2O4/c1-4-19-10-5-7-15(8-6-10)13(18)14-11(9(2)3)12(16)17/h9-11H,4-8H2,1-3H3,(H,14,18)(H,16,17). The maximum Gasteiger partial charge on any atom is 0.326 e. The van der Waals surface area contributed by atoms with E-state index in [2.05, 4.69) is 5.32 Å². The molecule has 0 spiro atoms. The summed E-state index contributed by atoms with van der Waals surface area (Å²) in [7, 11) is 0. The number of piperidine rings is 1. The molecule has 110 valence electrons. The van der Waals surface area contributed by atoms with Gasteiger partial charge >= 0.3 is 12.0 Å². The van der Waals surface area contributed by atoms with E-state index in [-0.39, 0.29) is 18.1 Å². The van der Waals surface area contributed by atoms with Crippen LogP contribution in [0.1, 0.15) is 33.6 Å².